The van der Waals surface area contributed by atoms with E-state index < -0.39 is 6.10 Å². The number of nitrogens with zero attached hydrogens (tertiary/aromatic N) is 1. The number of rotatable bonds is 3. The van der Waals surface area contributed by atoms with Crippen LogP contribution in [0.15, 0.2) is 35.3 Å². The van der Waals surface area contributed by atoms with Crippen molar-refractivity contribution in [2.24, 2.45) is 15.8 Å². The first-order valence-electron chi connectivity index (χ1n) is 8.04. The van der Waals surface area contributed by atoms with Gasteiger partial charge in [0.25, 0.3) is 0 Å². The highest BCUT2D eigenvalue weighted by molar-refractivity contribution is 5.89. The molecule has 4 nitrogen and oxygen atoms in total. The molecule has 0 amide bonds. The first-order valence-corrected chi connectivity index (χ1v) is 8.04. The van der Waals surface area contributed by atoms with Crippen LogP contribution in [0.2, 0.25) is 0 Å². The van der Waals surface area contributed by atoms with Crippen molar-refractivity contribution in [2.45, 2.75) is 60.3 Å². The van der Waals surface area contributed by atoms with E-state index in [9.17, 15) is 4.79 Å². The standard InChI is InChI=1S/C19H27NO3/c1-18(2,3)15-14(23-17(20-15)19(4,5)6)16(21)22-12-13-10-8-7-9-11-13/h7-11,14-15H,12H2,1-6H3. The number of esters is 1. The smallest absolute Gasteiger partial charge is 0.350 e. The van der Waals surface area contributed by atoms with Crippen LogP contribution in [0.5, 0.6) is 0 Å². The average molecular weight is 317 g/mol. The zero-order valence-corrected chi connectivity index (χ0v) is 14.9. The van der Waals surface area contributed by atoms with E-state index in [2.05, 4.69) is 25.8 Å². The molecule has 0 spiro atoms. The van der Waals surface area contributed by atoms with Gasteiger partial charge in [0.2, 0.25) is 6.10 Å². The van der Waals surface area contributed by atoms with E-state index in [1.54, 1.807) is 0 Å². The van der Waals surface area contributed by atoms with Gasteiger partial charge in [-0.05, 0) is 11.0 Å². The van der Waals surface area contributed by atoms with Gasteiger partial charge in [0.05, 0.1) is 0 Å². The van der Waals surface area contributed by atoms with E-state index in [0.717, 1.165) is 5.56 Å². The van der Waals surface area contributed by atoms with Gasteiger partial charge in [-0.25, -0.2) is 9.79 Å². The monoisotopic (exact) mass is 317 g/mol. The molecule has 0 aliphatic carbocycles. The zero-order valence-electron chi connectivity index (χ0n) is 14.9. The highest BCUT2D eigenvalue weighted by Gasteiger charge is 2.46. The van der Waals surface area contributed by atoms with Gasteiger partial charge in [-0.15, -0.1) is 0 Å². The van der Waals surface area contributed by atoms with Gasteiger partial charge in [0.1, 0.15) is 12.6 Å². The number of carbonyl (C=O) groups is 1. The second kappa shape index (κ2) is 6.34. The number of aliphatic imine (C=N–C) groups is 1. The topological polar surface area (TPSA) is 47.9 Å². The van der Waals surface area contributed by atoms with E-state index in [1.807, 2.05) is 51.1 Å². The molecule has 2 unspecified atom stereocenters. The molecular formula is C19H27NO3. The lowest BCUT2D eigenvalue weighted by Gasteiger charge is -2.27. The van der Waals surface area contributed by atoms with Gasteiger partial charge < -0.3 is 9.47 Å². The minimum Gasteiger partial charge on any atom is -0.463 e. The minimum atomic E-state index is -0.673. The van der Waals surface area contributed by atoms with Gasteiger partial charge in [0, 0.05) is 5.41 Å². The van der Waals surface area contributed by atoms with Gasteiger partial charge in [0.15, 0.2) is 5.90 Å². The summed E-state index contributed by atoms with van der Waals surface area (Å²) >= 11 is 0. The molecule has 1 aliphatic heterocycles. The molecule has 1 heterocycles. The summed E-state index contributed by atoms with van der Waals surface area (Å²) in [6.45, 7) is 12.5. The third-order valence-electron chi connectivity index (χ3n) is 3.77. The van der Waals surface area contributed by atoms with Gasteiger partial charge in [-0.1, -0.05) is 71.9 Å². The maximum absolute atomic E-state index is 12.5. The summed E-state index contributed by atoms with van der Waals surface area (Å²) in [4.78, 5) is 17.2. The van der Waals surface area contributed by atoms with Gasteiger partial charge in [-0.2, -0.15) is 0 Å². The van der Waals surface area contributed by atoms with Crippen molar-refractivity contribution in [3.8, 4) is 0 Å². The summed E-state index contributed by atoms with van der Waals surface area (Å²) in [5.74, 6) is 0.274. The summed E-state index contributed by atoms with van der Waals surface area (Å²) in [6, 6.07) is 9.41. The Kier molecular flexibility index (Phi) is 4.83. The second-order valence-electron chi connectivity index (χ2n) is 8.13. The maximum atomic E-state index is 12.5. The van der Waals surface area contributed by atoms with Crippen molar-refractivity contribution >= 4 is 11.9 Å². The lowest BCUT2D eigenvalue weighted by Crippen LogP contribution is -2.41. The predicted octanol–water partition coefficient (Wildman–Crippen LogP) is 3.99. The SMILES string of the molecule is CC(C)(C)C1=NC(C(C)(C)C)C(C(=O)OCc2ccccc2)O1. The Hall–Kier alpha value is -1.84. The second-order valence-corrected chi connectivity index (χ2v) is 8.13. The molecular weight excluding hydrogens is 290 g/mol. The molecule has 2 rings (SSSR count). The van der Waals surface area contributed by atoms with Crippen LogP contribution in [0.1, 0.15) is 47.1 Å². The lowest BCUT2D eigenvalue weighted by atomic mass is 9.84. The minimum absolute atomic E-state index is 0.177. The molecule has 0 saturated heterocycles. The molecule has 2 atom stereocenters. The van der Waals surface area contributed by atoms with Crippen LogP contribution >= 0.6 is 0 Å². The Bertz CT molecular complexity index is 579. The Morgan fingerprint density at radius 2 is 1.74 bits per heavy atom. The normalized spacial score (nSPS) is 21.6. The lowest BCUT2D eigenvalue weighted by molar-refractivity contribution is -0.155. The fraction of sp³-hybridized carbons (Fsp3) is 0.579. The van der Waals surface area contributed by atoms with E-state index in [4.69, 9.17) is 9.47 Å². The quantitative estimate of drug-likeness (QED) is 0.792. The number of carbonyl (C=O) groups excluding carboxylic acids is 1. The van der Waals surface area contributed by atoms with Crippen LogP contribution in [0.4, 0.5) is 0 Å². The molecule has 23 heavy (non-hydrogen) atoms. The summed E-state index contributed by atoms with van der Waals surface area (Å²) in [5, 5.41) is 0. The van der Waals surface area contributed by atoms with E-state index in [0.29, 0.717) is 5.90 Å². The van der Waals surface area contributed by atoms with Crippen LogP contribution in [0.25, 0.3) is 0 Å². The molecule has 0 bridgehead atoms. The number of ether oxygens (including phenoxy) is 2. The fourth-order valence-electron chi connectivity index (χ4n) is 2.42. The van der Waals surface area contributed by atoms with Crippen molar-refractivity contribution in [2.75, 3.05) is 0 Å². The number of hydrogen-bond acceptors (Lipinski definition) is 4. The maximum Gasteiger partial charge on any atom is 0.350 e. The van der Waals surface area contributed by atoms with Crippen molar-refractivity contribution in [3.63, 3.8) is 0 Å². The average Bonchev–Trinajstić information content (AvgIpc) is 2.91. The molecule has 0 N–H and O–H groups in total. The van der Waals surface area contributed by atoms with Gasteiger partial charge in [-0.3, -0.25) is 0 Å². The molecule has 0 saturated carbocycles. The van der Waals surface area contributed by atoms with Crippen molar-refractivity contribution in [1.82, 2.24) is 0 Å². The molecule has 126 valence electrons. The number of benzene rings is 1. The van der Waals surface area contributed by atoms with E-state index >= 15 is 0 Å². The van der Waals surface area contributed by atoms with Crippen LogP contribution in [-0.4, -0.2) is 24.0 Å². The number of hydrogen-bond donors (Lipinski definition) is 0. The highest BCUT2D eigenvalue weighted by Crippen LogP contribution is 2.35. The van der Waals surface area contributed by atoms with Crippen LogP contribution in [0.3, 0.4) is 0 Å². The first kappa shape index (κ1) is 17.5. The molecule has 0 radical (unpaired) electrons. The Morgan fingerprint density at radius 3 is 2.26 bits per heavy atom. The Labute approximate surface area is 138 Å². The fourth-order valence-corrected chi connectivity index (χ4v) is 2.42. The Balaban J connectivity index is 2.09. The Morgan fingerprint density at radius 1 is 1.13 bits per heavy atom. The van der Waals surface area contributed by atoms with Crippen molar-refractivity contribution in [1.29, 1.82) is 0 Å². The third kappa shape index (κ3) is 4.34. The highest BCUT2D eigenvalue weighted by atomic mass is 16.6. The van der Waals surface area contributed by atoms with E-state index in [-0.39, 0.29) is 29.4 Å². The van der Waals surface area contributed by atoms with Crippen LogP contribution in [0, 0.1) is 10.8 Å². The van der Waals surface area contributed by atoms with Crippen LogP contribution in [-0.2, 0) is 20.9 Å². The molecule has 0 fully saturated rings. The largest absolute Gasteiger partial charge is 0.463 e. The molecule has 1 aromatic rings. The third-order valence-corrected chi connectivity index (χ3v) is 3.77. The predicted molar refractivity (Wildman–Crippen MR) is 91.2 cm³/mol. The molecule has 0 aromatic heterocycles. The van der Waals surface area contributed by atoms with E-state index in [1.165, 1.54) is 0 Å². The summed E-state index contributed by atoms with van der Waals surface area (Å²) < 4.78 is 11.4. The van der Waals surface area contributed by atoms with Crippen molar-refractivity contribution < 1.29 is 14.3 Å². The van der Waals surface area contributed by atoms with Crippen LogP contribution < -0.4 is 0 Å². The summed E-state index contributed by atoms with van der Waals surface area (Å²) in [6.07, 6.45) is -0.673. The molecule has 1 aliphatic rings. The summed E-state index contributed by atoms with van der Waals surface area (Å²) in [7, 11) is 0. The zero-order chi connectivity index (χ0) is 17.3. The molecule has 1 aromatic carbocycles. The molecule has 4 heteroatoms. The first-order chi connectivity index (χ1) is 10.6. The summed E-state index contributed by atoms with van der Waals surface area (Å²) in [5.41, 5.74) is 0.560. The van der Waals surface area contributed by atoms with Gasteiger partial charge >= 0.3 is 5.97 Å². The van der Waals surface area contributed by atoms with Crippen molar-refractivity contribution in [3.05, 3.63) is 35.9 Å².